The van der Waals surface area contributed by atoms with E-state index in [1.54, 1.807) is 0 Å². The summed E-state index contributed by atoms with van der Waals surface area (Å²) < 4.78 is 44.4. The fraction of sp³-hybridized carbons (Fsp3) is 0.632. The fourth-order valence-electron chi connectivity index (χ4n) is 4.31. The number of nitrogens with zero attached hydrogens (tertiary/aromatic N) is 1. The average molecular weight is 370 g/mol. The molecule has 1 N–H and O–H groups in total. The lowest BCUT2D eigenvalue weighted by Gasteiger charge is -2.30. The lowest BCUT2D eigenvalue weighted by atomic mass is 10.0. The van der Waals surface area contributed by atoms with Gasteiger partial charge in [0.05, 0.1) is 18.2 Å². The summed E-state index contributed by atoms with van der Waals surface area (Å²) in [5.74, 6) is -0.372. The monoisotopic (exact) mass is 370 g/mol. The van der Waals surface area contributed by atoms with Crippen molar-refractivity contribution in [2.45, 2.75) is 57.3 Å². The highest BCUT2D eigenvalue weighted by atomic mass is 19.4. The van der Waals surface area contributed by atoms with Crippen molar-refractivity contribution < 1.29 is 22.7 Å². The van der Waals surface area contributed by atoms with Crippen molar-refractivity contribution in [2.24, 2.45) is 0 Å². The zero-order valence-corrected chi connectivity index (χ0v) is 15.2. The second-order valence-corrected chi connectivity index (χ2v) is 7.14. The number of hydrogen-bond donors (Lipinski definition) is 1. The zero-order chi connectivity index (χ0) is 18.9. The van der Waals surface area contributed by atoms with Crippen molar-refractivity contribution in [2.75, 3.05) is 20.2 Å². The molecule has 144 valence electrons. The van der Waals surface area contributed by atoms with Crippen LogP contribution in [-0.4, -0.2) is 43.1 Å². The summed E-state index contributed by atoms with van der Waals surface area (Å²) in [6, 6.07) is 2.53. The van der Waals surface area contributed by atoms with E-state index in [2.05, 4.69) is 10.2 Å². The van der Waals surface area contributed by atoms with Crippen LogP contribution >= 0.6 is 0 Å². The van der Waals surface area contributed by atoms with Crippen molar-refractivity contribution in [3.05, 3.63) is 28.8 Å². The molecule has 2 unspecified atom stereocenters. The van der Waals surface area contributed by atoms with Crippen LogP contribution in [0.15, 0.2) is 12.1 Å². The van der Waals surface area contributed by atoms with E-state index in [9.17, 15) is 18.0 Å². The second kappa shape index (κ2) is 7.47. The van der Waals surface area contributed by atoms with E-state index in [0.29, 0.717) is 6.04 Å². The van der Waals surface area contributed by atoms with E-state index < -0.39 is 11.7 Å². The summed E-state index contributed by atoms with van der Waals surface area (Å²) >= 11 is 0. The molecule has 1 aliphatic carbocycles. The third-order valence-electron chi connectivity index (χ3n) is 5.57. The minimum atomic E-state index is -4.47. The summed E-state index contributed by atoms with van der Waals surface area (Å²) in [6.07, 6.45) is 0.892. The molecule has 2 aliphatic rings. The Hall–Kier alpha value is -1.76. The van der Waals surface area contributed by atoms with Gasteiger partial charge in [-0.1, -0.05) is 0 Å². The van der Waals surface area contributed by atoms with Crippen LogP contribution in [0.2, 0.25) is 0 Å². The van der Waals surface area contributed by atoms with Gasteiger partial charge in [0.1, 0.15) is 5.75 Å². The van der Waals surface area contributed by atoms with Crippen LogP contribution in [0.5, 0.6) is 5.75 Å². The SMILES string of the molecule is COc1c(C(=O)NC2CCCC2N2CCCC2)ccc(C(F)(F)F)c1C. The molecule has 4 nitrogen and oxygen atoms in total. The highest BCUT2D eigenvalue weighted by Crippen LogP contribution is 2.37. The van der Waals surface area contributed by atoms with E-state index in [1.165, 1.54) is 32.9 Å². The zero-order valence-electron chi connectivity index (χ0n) is 15.2. The first-order valence-corrected chi connectivity index (χ1v) is 9.12. The number of benzene rings is 1. The number of rotatable bonds is 4. The van der Waals surface area contributed by atoms with Crippen LogP contribution in [0, 0.1) is 6.92 Å². The first-order valence-electron chi connectivity index (χ1n) is 9.12. The normalized spacial score (nSPS) is 24.0. The second-order valence-electron chi connectivity index (χ2n) is 7.14. The summed E-state index contributed by atoms with van der Waals surface area (Å²) in [4.78, 5) is 15.2. The van der Waals surface area contributed by atoms with Crippen molar-refractivity contribution in [1.82, 2.24) is 10.2 Å². The van der Waals surface area contributed by atoms with Gasteiger partial charge < -0.3 is 10.1 Å². The molecular formula is C19H25F3N2O2. The lowest BCUT2D eigenvalue weighted by molar-refractivity contribution is -0.138. The maximum absolute atomic E-state index is 13.1. The highest BCUT2D eigenvalue weighted by Gasteiger charge is 2.37. The molecule has 26 heavy (non-hydrogen) atoms. The molecule has 0 radical (unpaired) electrons. The van der Waals surface area contributed by atoms with E-state index in [-0.39, 0.29) is 28.8 Å². The van der Waals surface area contributed by atoms with Gasteiger partial charge in [0.25, 0.3) is 5.91 Å². The van der Waals surface area contributed by atoms with E-state index in [4.69, 9.17) is 4.74 Å². The molecule has 0 bridgehead atoms. The lowest BCUT2D eigenvalue weighted by Crippen LogP contribution is -2.47. The number of carbonyl (C=O) groups is 1. The van der Waals surface area contributed by atoms with Crippen molar-refractivity contribution in [1.29, 1.82) is 0 Å². The molecule has 0 spiro atoms. The van der Waals surface area contributed by atoms with Gasteiger partial charge in [0, 0.05) is 17.6 Å². The van der Waals surface area contributed by atoms with E-state index in [0.717, 1.165) is 38.4 Å². The van der Waals surface area contributed by atoms with Gasteiger partial charge in [-0.25, -0.2) is 0 Å². The van der Waals surface area contributed by atoms with Gasteiger partial charge in [-0.05, 0) is 64.3 Å². The standard InChI is InChI=1S/C19H25F3N2O2/c1-12-14(19(20,21)22)9-8-13(17(12)26-2)18(25)23-15-6-5-7-16(15)24-10-3-4-11-24/h8-9,15-16H,3-7,10-11H2,1-2H3,(H,23,25). The third kappa shape index (κ3) is 3.68. The number of ether oxygens (including phenoxy) is 1. The van der Waals surface area contributed by atoms with Gasteiger partial charge in [0.2, 0.25) is 0 Å². The van der Waals surface area contributed by atoms with Gasteiger partial charge in [-0.15, -0.1) is 0 Å². The smallest absolute Gasteiger partial charge is 0.416 e. The number of nitrogens with one attached hydrogen (secondary N) is 1. The Morgan fingerprint density at radius 2 is 1.88 bits per heavy atom. The maximum Gasteiger partial charge on any atom is 0.416 e. The summed E-state index contributed by atoms with van der Waals surface area (Å²) in [5.41, 5.74) is -0.679. The van der Waals surface area contributed by atoms with Crippen LogP contribution in [-0.2, 0) is 6.18 Å². The van der Waals surface area contributed by atoms with Gasteiger partial charge in [-0.3, -0.25) is 9.69 Å². The maximum atomic E-state index is 13.1. The number of hydrogen-bond acceptors (Lipinski definition) is 3. The molecule has 2 atom stereocenters. The number of amides is 1. The number of methoxy groups -OCH3 is 1. The average Bonchev–Trinajstić information content (AvgIpc) is 3.24. The number of alkyl halides is 3. The first-order chi connectivity index (χ1) is 12.3. The largest absolute Gasteiger partial charge is 0.496 e. The first kappa shape index (κ1) is 19.0. The Bertz CT molecular complexity index is 669. The van der Waals surface area contributed by atoms with Crippen molar-refractivity contribution >= 4 is 5.91 Å². The summed E-state index contributed by atoms with van der Waals surface area (Å²) in [6.45, 7) is 3.44. The molecule has 1 amide bonds. The number of halogens is 3. The van der Waals surface area contributed by atoms with Crippen LogP contribution in [0.4, 0.5) is 13.2 Å². The summed E-state index contributed by atoms with van der Waals surface area (Å²) in [7, 11) is 1.29. The molecular weight excluding hydrogens is 345 g/mol. The molecule has 7 heteroatoms. The minimum Gasteiger partial charge on any atom is -0.496 e. The molecule has 1 aromatic rings. The topological polar surface area (TPSA) is 41.6 Å². The van der Waals surface area contributed by atoms with Gasteiger partial charge >= 0.3 is 6.18 Å². The molecule has 1 saturated heterocycles. The Labute approximate surface area is 151 Å². The predicted octanol–water partition coefficient (Wildman–Crippen LogP) is 3.77. The molecule has 1 heterocycles. The molecule has 0 aromatic heterocycles. The van der Waals surface area contributed by atoms with Gasteiger partial charge in [-0.2, -0.15) is 13.2 Å². The molecule has 1 saturated carbocycles. The quantitative estimate of drug-likeness (QED) is 0.877. The summed E-state index contributed by atoms with van der Waals surface area (Å²) in [5, 5.41) is 3.04. The number of carbonyl (C=O) groups excluding carboxylic acids is 1. The van der Waals surface area contributed by atoms with Crippen LogP contribution in [0.3, 0.4) is 0 Å². The molecule has 1 aliphatic heterocycles. The van der Waals surface area contributed by atoms with Crippen molar-refractivity contribution in [3.8, 4) is 5.75 Å². The Morgan fingerprint density at radius 1 is 1.19 bits per heavy atom. The molecule has 2 fully saturated rings. The van der Waals surface area contributed by atoms with Crippen LogP contribution < -0.4 is 10.1 Å². The van der Waals surface area contributed by atoms with E-state index in [1.807, 2.05) is 0 Å². The Kier molecular flexibility index (Phi) is 5.46. The predicted molar refractivity (Wildman–Crippen MR) is 92.4 cm³/mol. The van der Waals surface area contributed by atoms with Crippen LogP contribution in [0.1, 0.15) is 53.6 Å². The minimum absolute atomic E-state index is 0.00644. The highest BCUT2D eigenvalue weighted by molar-refractivity contribution is 5.97. The molecule has 3 rings (SSSR count). The third-order valence-corrected chi connectivity index (χ3v) is 5.57. The molecule has 1 aromatic carbocycles. The van der Waals surface area contributed by atoms with Gasteiger partial charge in [0.15, 0.2) is 0 Å². The Balaban J connectivity index is 1.80. The van der Waals surface area contributed by atoms with Crippen molar-refractivity contribution in [3.63, 3.8) is 0 Å². The Morgan fingerprint density at radius 3 is 2.50 bits per heavy atom. The van der Waals surface area contributed by atoms with Crippen LogP contribution in [0.25, 0.3) is 0 Å². The van der Waals surface area contributed by atoms with E-state index >= 15 is 0 Å². The fourth-order valence-corrected chi connectivity index (χ4v) is 4.31. The number of likely N-dealkylation sites (tertiary alicyclic amines) is 1.